The lowest BCUT2D eigenvalue weighted by Crippen LogP contribution is -2.25. The van der Waals surface area contributed by atoms with E-state index in [4.69, 9.17) is 0 Å². The zero-order chi connectivity index (χ0) is 26.8. The van der Waals surface area contributed by atoms with Crippen molar-refractivity contribution >= 4 is 5.91 Å². The summed E-state index contributed by atoms with van der Waals surface area (Å²) in [5, 5.41) is 12.3. The summed E-state index contributed by atoms with van der Waals surface area (Å²) >= 11 is 0. The lowest BCUT2D eigenvalue weighted by molar-refractivity contribution is -0.116. The van der Waals surface area contributed by atoms with Crippen LogP contribution < -0.4 is 5.32 Å². The van der Waals surface area contributed by atoms with Crippen molar-refractivity contribution in [2.45, 2.75) is 66.3 Å². The van der Waals surface area contributed by atoms with Gasteiger partial charge in [0.2, 0.25) is 5.91 Å². The Hall–Kier alpha value is -3.60. The maximum absolute atomic E-state index is 12.2. The number of carbonyl (C=O) groups excluding carboxylic acids is 1. The van der Waals surface area contributed by atoms with Gasteiger partial charge in [-0.25, -0.2) is 4.98 Å². The monoisotopic (exact) mass is 499 g/mol. The fraction of sp³-hybridized carbons (Fsp3) is 0.375. The third-order valence-corrected chi connectivity index (χ3v) is 7.05. The minimum atomic E-state index is -0.0807. The summed E-state index contributed by atoms with van der Waals surface area (Å²) in [6.45, 7) is 11.5. The van der Waals surface area contributed by atoms with Crippen LogP contribution in [-0.2, 0) is 11.2 Å². The van der Waals surface area contributed by atoms with Crippen molar-refractivity contribution in [2.75, 3.05) is 6.54 Å². The molecule has 5 nitrogen and oxygen atoms in total. The van der Waals surface area contributed by atoms with E-state index in [-0.39, 0.29) is 17.1 Å². The van der Waals surface area contributed by atoms with E-state index in [0.717, 1.165) is 42.4 Å². The van der Waals surface area contributed by atoms with Crippen LogP contribution in [0.4, 0.5) is 0 Å². The Labute approximate surface area is 222 Å². The summed E-state index contributed by atoms with van der Waals surface area (Å²) < 4.78 is 2.21. The number of carbonyl (C=O) groups is 1. The zero-order valence-electron chi connectivity index (χ0n) is 22.9. The predicted molar refractivity (Wildman–Crippen MR) is 152 cm³/mol. The van der Waals surface area contributed by atoms with Gasteiger partial charge in [0.15, 0.2) is 0 Å². The highest BCUT2D eigenvalue weighted by atomic mass is 16.3. The van der Waals surface area contributed by atoms with Crippen molar-refractivity contribution < 1.29 is 9.90 Å². The molecule has 1 atom stereocenters. The van der Waals surface area contributed by atoms with Crippen molar-refractivity contribution in [3.05, 3.63) is 107 Å². The maximum Gasteiger partial charge on any atom is 0.244 e. The van der Waals surface area contributed by atoms with Crippen molar-refractivity contribution in [3.63, 3.8) is 0 Å². The van der Waals surface area contributed by atoms with Crippen LogP contribution in [0.3, 0.4) is 0 Å². The number of hydrogen-bond donors (Lipinski definition) is 2. The number of aromatic nitrogens is 2. The molecule has 1 aliphatic carbocycles. The first-order valence-corrected chi connectivity index (χ1v) is 13.1. The second-order valence-electron chi connectivity index (χ2n) is 10.6. The van der Waals surface area contributed by atoms with E-state index in [0.29, 0.717) is 12.6 Å². The second kappa shape index (κ2) is 13.1. The molecule has 3 rings (SSSR count). The number of phenols is 1. The van der Waals surface area contributed by atoms with Gasteiger partial charge in [0.1, 0.15) is 5.75 Å². The fourth-order valence-electron chi connectivity index (χ4n) is 4.84. The Bertz CT molecular complexity index is 1190. The molecule has 0 fully saturated rings. The van der Waals surface area contributed by atoms with Gasteiger partial charge in [-0.3, -0.25) is 4.79 Å². The minimum absolute atomic E-state index is 0.0807. The van der Waals surface area contributed by atoms with Gasteiger partial charge in [0.05, 0.1) is 12.4 Å². The number of nitrogens with one attached hydrogen (secondary N) is 1. The minimum Gasteiger partial charge on any atom is -0.508 e. The van der Waals surface area contributed by atoms with Gasteiger partial charge in [-0.15, -0.1) is 0 Å². The number of aryl methyl sites for hydroxylation is 1. The molecule has 0 saturated heterocycles. The second-order valence-corrected chi connectivity index (χ2v) is 10.6. The maximum atomic E-state index is 12.2. The van der Waals surface area contributed by atoms with Crippen molar-refractivity contribution in [1.82, 2.24) is 14.9 Å². The standard InChI is InChI=1S/C32H41N3O2/c1-24(11-16-29-26(3)30(17-18-32(29,4)5)35-21-20-33-23-35)8-6-9-25(2)22-31(37)34-19-7-10-27-12-14-28(36)15-13-27/h6,8-9,11-16,20-23,30,36H,7,10,17-19H2,1-5H3,(H,34,37)/b9-6+,16-11+,24-8+,25-22-. The van der Waals surface area contributed by atoms with Crippen molar-refractivity contribution in [3.8, 4) is 5.75 Å². The number of allylic oxidation sites excluding steroid dienone is 9. The Morgan fingerprint density at radius 3 is 2.65 bits per heavy atom. The van der Waals surface area contributed by atoms with Gasteiger partial charge in [0.25, 0.3) is 0 Å². The Morgan fingerprint density at radius 1 is 1.19 bits per heavy atom. The summed E-state index contributed by atoms with van der Waals surface area (Å²) in [4.78, 5) is 16.4. The summed E-state index contributed by atoms with van der Waals surface area (Å²) in [5.41, 5.74) is 6.15. The van der Waals surface area contributed by atoms with E-state index in [1.54, 1.807) is 18.2 Å². The molecule has 2 aromatic rings. The summed E-state index contributed by atoms with van der Waals surface area (Å²) in [7, 11) is 0. The van der Waals surface area contributed by atoms with Crippen molar-refractivity contribution in [1.29, 1.82) is 0 Å². The number of phenolic OH excluding ortho intramolecular Hbond substituents is 1. The van der Waals surface area contributed by atoms with Crippen LogP contribution >= 0.6 is 0 Å². The smallest absolute Gasteiger partial charge is 0.244 e. The van der Waals surface area contributed by atoms with Gasteiger partial charge in [-0.2, -0.15) is 0 Å². The normalized spacial score (nSPS) is 18.7. The average molecular weight is 500 g/mol. The number of hydrogen-bond acceptors (Lipinski definition) is 3. The Balaban J connectivity index is 1.52. The molecule has 1 aliphatic rings. The third kappa shape index (κ3) is 8.49. The van der Waals surface area contributed by atoms with Crippen LogP contribution in [0.15, 0.2) is 102 Å². The van der Waals surface area contributed by atoms with Gasteiger partial charge >= 0.3 is 0 Å². The lowest BCUT2D eigenvalue weighted by atomic mass is 9.71. The van der Waals surface area contributed by atoms with E-state index < -0.39 is 0 Å². The van der Waals surface area contributed by atoms with Crippen molar-refractivity contribution in [2.24, 2.45) is 5.41 Å². The summed E-state index contributed by atoms with van der Waals surface area (Å²) in [5.74, 6) is 0.190. The van der Waals surface area contributed by atoms with E-state index >= 15 is 0 Å². The highest BCUT2D eigenvalue weighted by Gasteiger charge is 2.32. The molecule has 0 bridgehead atoms. The van der Waals surface area contributed by atoms with Gasteiger partial charge in [-0.1, -0.05) is 61.9 Å². The van der Waals surface area contributed by atoms with Crippen LogP contribution in [0, 0.1) is 5.41 Å². The quantitative estimate of drug-likeness (QED) is 0.210. The Morgan fingerprint density at radius 2 is 1.95 bits per heavy atom. The predicted octanol–water partition coefficient (Wildman–Crippen LogP) is 7.02. The number of nitrogens with zero attached hydrogens (tertiary/aromatic N) is 2. The van der Waals surface area contributed by atoms with Crippen LogP contribution in [0.25, 0.3) is 0 Å². The zero-order valence-corrected chi connectivity index (χ0v) is 22.9. The topological polar surface area (TPSA) is 67.2 Å². The highest BCUT2D eigenvalue weighted by molar-refractivity contribution is 5.88. The highest BCUT2D eigenvalue weighted by Crippen LogP contribution is 2.45. The van der Waals surface area contributed by atoms with Crippen LogP contribution in [0.2, 0.25) is 0 Å². The third-order valence-electron chi connectivity index (χ3n) is 7.05. The molecule has 1 unspecified atom stereocenters. The molecule has 196 valence electrons. The SMILES string of the molecule is CC1=C(/C=C/C(C)=C/C=C/C(C)=C\C(=O)NCCCc2ccc(O)cc2)C(C)(C)CCC1n1ccnc1. The van der Waals surface area contributed by atoms with Gasteiger partial charge in [-0.05, 0) is 86.3 Å². The number of benzene rings is 1. The lowest BCUT2D eigenvalue weighted by Gasteiger charge is -2.37. The number of rotatable bonds is 10. The van der Waals surface area contributed by atoms with Gasteiger partial charge in [0, 0.05) is 25.0 Å². The number of amides is 1. The first-order valence-electron chi connectivity index (χ1n) is 13.1. The molecule has 0 saturated carbocycles. The molecule has 37 heavy (non-hydrogen) atoms. The van der Waals surface area contributed by atoms with Crippen LogP contribution in [0.1, 0.15) is 65.5 Å². The van der Waals surface area contributed by atoms with E-state index in [1.165, 1.54) is 11.1 Å². The molecule has 1 aromatic heterocycles. The van der Waals surface area contributed by atoms with E-state index in [2.05, 4.69) is 67.0 Å². The molecule has 1 aromatic carbocycles. The molecule has 2 N–H and O–H groups in total. The summed E-state index contributed by atoms with van der Waals surface area (Å²) in [6, 6.07) is 7.55. The largest absolute Gasteiger partial charge is 0.508 e. The molecule has 1 heterocycles. The number of aromatic hydroxyl groups is 1. The first kappa shape index (κ1) is 28.0. The van der Waals surface area contributed by atoms with Crippen LogP contribution in [-0.4, -0.2) is 27.1 Å². The average Bonchev–Trinajstić information content (AvgIpc) is 3.37. The van der Waals surface area contributed by atoms with E-state index in [9.17, 15) is 9.90 Å². The Kier molecular flexibility index (Phi) is 9.90. The molecule has 5 heteroatoms. The van der Waals surface area contributed by atoms with Crippen LogP contribution in [0.5, 0.6) is 5.75 Å². The molecular weight excluding hydrogens is 458 g/mol. The molecule has 1 amide bonds. The van der Waals surface area contributed by atoms with E-state index in [1.807, 2.05) is 43.7 Å². The first-order chi connectivity index (χ1) is 17.7. The fourth-order valence-corrected chi connectivity index (χ4v) is 4.84. The molecular formula is C32H41N3O2. The number of imidazole rings is 1. The van der Waals surface area contributed by atoms with Gasteiger partial charge < -0.3 is 15.0 Å². The molecule has 0 spiro atoms. The molecule has 0 radical (unpaired) electrons. The molecule has 0 aliphatic heterocycles. The summed E-state index contributed by atoms with van der Waals surface area (Å²) in [6.07, 6.45) is 21.9.